The van der Waals surface area contributed by atoms with Gasteiger partial charge in [-0.3, -0.25) is 4.79 Å². The van der Waals surface area contributed by atoms with E-state index in [0.29, 0.717) is 32.7 Å². The molecule has 0 saturated carbocycles. The predicted molar refractivity (Wildman–Crippen MR) is 122 cm³/mol. The minimum Gasteiger partial charge on any atom is -0.496 e. The predicted octanol–water partition coefficient (Wildman–Crippen LogP) is 7.06. The van der Waals surface area contributed by atoms with E-state index in [0.717, 1.165) is 21.9 Å². The summed E-state index contributed by atoms with van der Waals surface area (Å²) in [6.07, 6.45) is 0. The molecule has 0 aliphatic carbocycles. The highest BCUT2D eigenvalue weighted by atomic mass is 35.5. The first kappa shape index (κ1) is 20.3. The van der Waals surface area contributed by atoms with Crippen molar-refractivity contribution in [1.29, 1.82) is 0 Å². The van der Waals surface area contributed by atoms with Gasteiger partial charge < -0.3 is 9.47 Å². The minimum atomic E-state index is -0.155. The number of carbonyl (C=O) groups excluding carboxylic acids is 1. The fraction of sp³-hybridized carbons (Fsp3) is 0.0800. The first-order valence-electron chi connectivity index (χ1n) is 9.27. The van der Waals surface area contributed by atoms with Crippen LogP contribution in [0, 0.1) is 0 Å². The Kier molecular flexibility index (Phi) is 5.67. The lowest BCUT2D eigenvalue weighted by atomic mass is 9.89. The summed E-state index contributed by atoms with van der Waals surface area (Å²) in [4.78, 5) is 13.6. The lowest BCUT2D eigenvalue weighted by Gasteiger charge is -2.18. The number of carbonyl (C=O) groups is 1. The van der Waals surface area contributed by atoms with E-state index in [9.17, 15) is 4.79 Å². The van der Waals surface area contributed by atoms with Crippen molar-refractivity contribution in [2.24, 2.45) is 0 Å². The summed E-state index contributed by atoms with van der Waals surface area (Å²) in [5.74, 6) is 0.992. The molecule has 0 saturated heterocycles. The number of hydrogen-bond donors (Lipinski definition) is 0. The van der Waals surface area contributed by atoms with Crippen LogP contribution < -0.4 is 9.47 Å². The van der Waals surface area contributed by atoms with E-state index >= 15 is 0 Å². The number of benzene rings is 4. The number of rotatable bonds is 5. The Hall–Kier alpha value is -3.01. The summed E-state index contributed by atoms with van der Waals surface area (Å²) in [5, 5.41) is 2.86. The second-order valence-corrected chi connectivity index (χ2v) is 7.60. The average molecular weight is 437 g/mol. The van der Waals surface area contributed by atoms with Crippen LogP contribution in [0.1, 0.15) is 15.9 Å². The SMILES string of the molecule is COc1ccc2ccc(OC)c(-c3ccc(Cl)cc3)c2c1C(=O)c1ccc(Cl)cc1. The Morgan fingerprint density at radius 2 is 1.23 bits per heavy atom. The van der Waals surface area contributed by atoms with Gasteiger partial charge in [0.2, 0.25) is 0 Å². The lowest BCUT2D eigenvalue weighted by molar-refractivity contribution is 0.103. The number of ether oxygens (including phenoxy) is 2. The van der Waals surface area contributed by atoms with E-state index in [4.69, 9.17) is 32.7 Å². The summed E-state index contributed by atoms with van der Waals surface area (Å²) >= 11 is 12.1. The number of hydrogen-bond acceptors (Lipinski definition) is 3. The molecule has 0 fully saturated rings. The monoisotopic (exact) mass is 436 g/mol. The highest BCUT2D eigenvalue weighted by Gasteiger charge is 2.23. The van der Waals surface area contributed by atoms with Crippen LogP contribution in [0.3, 0.4) is 0 Å². The number of methoxy groups -OCH3 is 2. The van der Waals surface area contributed by atoms with Gasteiger partial charge in [0.15, 0.2) is 5.78 Å². The van der Waals surface area contributed by atoms with E-state index in [2.05, 4.69) is 0 Å². The highest BCUT2D eigenvalue weighted by molar-refractivity contribution is 6.31. The van der Waals surface area contributed by atoms with Gasteiger partial charge in [0.05, 0.1) is 19.8 Å². The summed E-state index contributed by atoms with van der Waals surface area (Å²) < 4.78 is 11.3. The molecule has 0 radical (unpaired) electrons. The summed E-state index contributed by atoms with van der Waals surface area (Å²) in [6.45, 7) is 0. The Bertz CT molecular complexity index is 1220. The van der Waals surface area contributed by atoms with Crippen molar-refractivity contribution in [3.05, 3.63) is 94.0 Å². The third kappa shape index (κ3) is 3.62. The van der Waals surface area contributed by atoms with Crippen LogP contribution in [0.4, 0.5) is 0 Å². The fourth-order valence-electron chi connectivity index (χ4n) is 3.59. The molecular weight excluding hydrogens is 419 g/mol. The summed E-state index contributed by atoms with van der Waals surface area (Å²) in [6, 6.07) is 21.9. The van der Waals surface area contributed by atoms with E-state index in [-0.39, 0.29) is 5.78 Å². The van der Waals surface area contributed by atoms with Gasteiger partial charge >= 0.3 is 0 Å². The zero-order valence-corrected chi connectivity index (χ0v) is 17.9. The zero-order chi connectivity index (χ0) is 21.3. The second kappa shape index (κ2) is 8.39. The topological polar surface area (TPSA) is 35.5 Å². The van der Waals surface area contributed by atoms with Gasteiger partial charge in [-0.25, -0.2) is 0 Å². The Morgan fingerprint density at radius 3 is 1.80 bits per heavy atom. The molecule has 0 heterocycles. The molecule has 0 spiro atoms. The maximum Gasteiger partial charge on any atom is 0.197 e. The third-order valence-electron chi connectivity index (χ3n) is 5.02. The van der Waals surface area contributed by atoms with Gasteiger partial charge in [-0.2, -0.15) is 0 Å². The first-order chi connectivity index (χ1) is 14.5. The quantitative estimate of drug-likeness (QED) is 0.314. The maximum atomic E-state index is 13.6. The van der Waals surface area contributed by atoms with Crippen LogP contribution in [0.2, 0.25) is 10.0 Å². The molecular formula is C25H18Cl2O3. The summed E-state index contributed by atoms with van der Waals surface area (Å²) in [7, 11) is 3.17. The minimum absolute atomic E-state index is 0.155. The molecule has 3 nitrogen and oxygen atoms in total. The number of ketones is 1. The fourth-order valence-corrected chi connectivity index (χ4v) is 3.85. The largest absolute Gasteiger partial charge is 0.496 e. The van der Waals surface area contributed by atoms with E-state index in [1.165, 1.54) is 0 Å². The second-order valence-electron chi connectivity index (χ2n) is 6.73. The molecule has 30 heavy (non-hydrogen) atoms. The Morgan fingerprint density at radius 1 is 0.700 bits per heavy atom. The molecule has 5 heteroatoms. The molecule has 0 atom stereocenters. The molecule has 150 valence electrons. The molecule has 0 aliphatic rings. The zero-order valence-electron chi connectivity index (χ0n) is 16.4. The molecule has 0 amide bonds. The molecule has 4 aromatic carbocycles. The van der Waals surface area contributed by atoms with Crippen molar-refractivity contribution in [3.63, 3.8) is 0 Å². The van der Waals surface area contributed by atoms with Crippen LogP contribution >= 0.6 is 23.2 Å². The highest BCUT2D eigenvalue weighted by Crippen LogP contribution is 2.42. The van der Waals surface area contributed by atoms with Gasteiger partial charge in [0.25, 0.3) is 0 Å². The van der Waals surface area contributed by atoms with Gasteiger partial charge in [-0.1, -0.05) is 47.5 Å². The Labute approximate surface area is 184 Å². The van der Waals surface area contributed by atoms with Crippen LogP contribution in [0.5, 0.6) is 11.5 Å². The molecule has 0 bridgehead atoms. The Balaban J connectivity index is 2.09. The third-order valence-corrected chi connectivity index (χ3v) is 5.52. The van der Waals surface area contributed by atoms with Crippen molar-refractivity contribution in [1.82, 2.24) is 0 Å². The smallest absolute Gasteiger partial charge is 0.197 e. The van der Waals surface area contributed by atoms with Crippen LogP contribution in [-0.4, -0.2) is 20.0 Å². The van der Waals surface area contributed by atoms with Crippen molar-refractivity contribution in [2.75, 3.05) is 14.2 Å². The van der Waals surface area contributed by atoms with Crippen molar-refractivity contribution < 1.29 is 14.3 Å². The van der Waals surface area contributed by atoms with Gasteiger partial charge in [0.1, 0.15) is 11.5 Å². The number of fused-ring (bicyclic) bond motifs is 1. The molecule has 0 aliphatic heterocycles. The van der Waals surface area contributed by atoms with E-state index in [1.54, 1.807) is 38.5 Å². The van der Waals surface area contributed by atoms with Gasteiger partial charge in [0, 0.05) is 26.6 Å². The molecule has 0 unspecified atom stereocenters. The van der Waals surface area contributed by atoms with Gasteiger partial charge in [-0.05, 0) is 59.5 Å². The molecule has 4 rings (SSSR count). The number of halogens is 2. The maximum absolute atomic E-state index is 13.6. The van der Waals surface area contributed by atoms with Crippen LogP contribution in [-0.2, 0) is 0 Å². The van der Waals surface area contributed by atoms with Crippen molar-refractivity contribution in [3.8, 4) is 22.6 Å². The van der Waals surface area contributed by atoms with Crippen molar-refractivity contribution in [2.45, 2.75) is 0 Å². The van der Waals surface area contributed by atoms with Gasteiger partial charge in [-0.15, -0.1) is 0 Å². The van der Waals surface area contributed by atoms with Crippen molar-refractivity contribution >= 4 is 39.8 Å². The van der Waals surface area contributed by atoms with Crippen LogP contribution in [0.25, 0.3) is 21.9 Å². The molecule has 4 aromatic rings. The van der Waals surface area contributed by atoms with E-state index in [1.807, 2.05) is 48.5 Å². The average Bonchev–Trinajstić information content (AvgIpc) is 2.78. The lowest BCUT2D eigenvalue weighted by Crippen LogP contribution is -2.06. The normalized spacial score (nSPS) is 10.8. The standard InChI is InChI=1S/C25H18Cl2O3/c1-29-20-13-7-16-8-14-21(30-2)24(25(28)17-5-11-19(27)12-6-17)23(16)22(20)15-3-9-18(26)10-4-15/h3-14H,1-2H3. The van der Waals surface area contributed by atoms with Crippen LogP contribution in [0.15, 0.2) is 72.8 Å². The van der Waals surface area contributed by atoms with E-state index < -0.39 is 0 Å². The molecule has 0 aromatic heterocycles. The first-order valence-corrected chi connectivity index (χ1v) is 10.0. The molecule has 0 N–H and O–H groups in total. The summed E-state index contributed by atoms with van der Waals surface area (Å²) in [5.41, 5.74) is 2.69.